The van der Waals surface area contributed by atoms with E-state index in [9.17, 15) is 9.90 Å². The van der Waals surface area contributed by atoms with Crippen LogP contribution >= 0.6 is 11.6 Å². The minimum absolute atomic E-state index is 0.0153. The number of fused-ring (bicyclic) bond motifs is 2. The fraction of sp³-hybridized carbons (Fsp3) is 0.438. The van der Waals surface area contributed by atoms with Crippen molar-refractivity contribution in [1.82, 2.24) is 4.98 Å². The van der Waals surface area contributed by atoms with E-state index in [1.165, 1.54) is 29.5 Å². The summed E-state index contributed by atoms with van der Waals surface area (Å²) in [5.41, 5.74) is 3.90. The molecule has 2 N–H and O–H groups in total. The molecule has 0 unspecified atom stereocenters. The van der Waals surface area contributed by atoms with E-state index in [1.54, 1.807) is 6.07 Å². The van der Waals surface area contributed by atoms with Crippen LogP contribution in [0.2, 0.25) is 5.02 Å². The summed E-state index contributed by atoms with van der Waals surface area (Å²) in [7, 11) is 0. The number of nitrogens with one attached hydrogen (secondary N) is 1. The highest BCUT2D eigenvalue weighted by Crippen LogP contribution is 2.55. The minimum Gasteiger partial charge on any atom is -0.493 e. The molecule has 2 saturated carbocycles. The Bertz CT molecular complexity index is 1310. The van der Waals surface area contributed by atoms with Crippen LogP contribution in [0.4, 0.5) is 5.69 Å². The third kappa shape index (κ3) is 4.77. The number of rotatable bonds is 9. The molecule has 0 aliphatic heterocycles. The first-order valence-electron chi connectivity index (χ1n) is 13.9. The van der Waals surface area contributed by atoms with Gasteiger partial charge in [-0.05, 0) is 110 Å². The second-order valence-electron chi connectivity index (χ2n) is 11.4. The molecular weight excluding hydrogens is 496 g/mol. The summed E-state index contributed by atoms with van der Waals surface area (Å²) in [4.78, 5) is 16.9. The van der Waals surface area contributed by atoms with Crippen LogP contribution in [0.1, 0.15) is 74.0 Å². The van der Waals surface area contributed by atoms with Crippen LogP contribution in [0.25, 0.3) is 0 Å². The van der Waals surface area contributed by atoms with E-state index in [4.69, 9.17) is 16.3 Å². The van der Waals surface area contributed by atoms with Crippen LogP contribution < -0.4 is 10.1 Å². The maximum absolute atomic E-state index is 12.6. The van der Waals surface area contributed by atoms with Gasteiger partial charge in [0.1, 0.15) is 11.3 Å². The number of carboxylic acids is 1. The molecule has 2 fully saturated rings. The highest BCUT2D eigenvalue weighted by atomic mass is 35.5. The lowest BCUT2D eigenvalue weighted by atomic mass is 9.60. The van der Waals surface area contributed by atoms with Crippen molar-refractivity contribution in [2.45, 2.75) is 74.7 Å². The van der Waals surface area contributed by atoms with E-state index < -0.39 is 11.5 Å². The maximum Gasteiger partial charge on any atom is 0.329 e. The van der Waals surface area contributed by atoms with Gasteiger partial charge in [-0.3, -0.25) is 4.98 Å². The van der Waals surface area contributed by atoms with Gasteiger partial charge >= 0.3 is 5.97 Å². The standard InChI is InChI=1S/C32H35ClN2O3/c33-25-7-3-8-26(20-25)35-32(30(36)37)15-13-31(14-16-32)24(19-23-5-1-2-9-28(23)31)6-4-18-38-29-12-17-34-21-27(29)22-10-11-22/h1-3,5,7-9,12,17,20-22,24,35H,4,6,10-11,13-16,18-19H2,(H,36,37)/t24-,31?,32?/m0/s1. The Kier molecular flexibility index (Phi) is 6.81. The lowest BCUT2D eigenvalue weighted by Crippen LogP contribution is -2.53. The summed E-state index contributed by atoms with van der Waals surface area (Å²) in [5.74, 6) is 1.31. The first-order valence-corrected chi connectivity index (χ1v) is 14.3. The molecule has 2 aromatic carbocycles. The van der Waals surface area contributed by atoms with Gasteiger partial charge in [0.05, 0.1) is 6.61 Å². The number of ether oxygens (including phenoxy) is 1. The lowest BCUT2D eigenvalue weighted by Gasteiger charge is -2.47. The van der Waals surface area contributed by atoms with Gasteiger partial charge in [-0.15, -0.1) is 0 Å². The van der Waals surface area contributed by atoms with Crippen molar-refractivity contribution in [3.8, 4) is 5.75 Å². The molecule has 0 amide bonds. The molecule has 0 radical (unpaired) electrons. The normalized spacial score (nSPS) is 26.2. The van der Waals surface area contributed by atoms with Crippen molar-refractivity contribution in [1.29, 1.82) is 0 Å². The number of carboxylic acid groups (broad SMARTS) is 1. The molecule has 1 aromatic heterocycles. The monoisotopic (exact) mass is 530 g/mol. The number of hydrogen-bond donors (Lipinski definition) is 2. The first kappa shape index (κ1) is 25.2. The SMILES string of the molecule is O=C(O)C1(Nc2cccc(Cl)c2)CCC2(CC1)c1ccccc1C[C@@H]2CCCOc1ccncc1C1CC1. The van der Waals surface area contributed by atoms with Gasteiger partial charge in [0.2, 0.25) is 0 Å². The summed E-state index contributed by atoms with van der Waals surface area (Å²) in [6.45, 7) is 0.696. The van der Waals surface area contributed by atoms with Gasteiger partial charge in [0, 0.05) is 28.7 Å². The maximum atomic E-state index is 12.6. The van der Waals surface area contributed by atoms with Crippen LogP contribution in [-0.4, -0.2) is 28.2 Å². The molecule has 1 atom stereocenters. The highest BCUT2D eigenvalue weighted by Gasteiger charge is 2.53. The second kappa shape index (κ2) is 10.3. The van der Waals surface area contributed by atoms with E-state index in [0.717, 1.165) is 43.5 Å². The largest absolute Gasteiger partial charge is 0.493 e. The Hall–Kier alpha value is -3.05. The lowest BCUT2D eigenvalue weighted by molar-refractivity contribution is -0.144. The van der Waals surface area contributed by atoms with E-state index >= 15 is 0 Å². The molecule has 1 spiro atoms. The van der Waals surface area contributed by atoms with E-state index in [1.807, 2.05) is 36.7 Å². The quantitative estimate of drug-likeness (QED) is 0.282. The number of halogens is 1. The van der Waals surface area contributed by atoms with Gasteiger partial charge in [0.15, 0.2) is 0 Å². The van der Waals surface area contributed by atoms with Gasteiger partial charge in [-0.25, -0.2) is 4.79 Å². The fourth-order valence-corrected chi connectivity index (χ4v) is 7.21. The summed E-state index contributed by atoms with van der Waals surface area (Å²) in [6.07, 6.45) is 12.2. The van der Waals surface area contributed by atoms with Crippen LogP contribution in [0.15, 0.2) is 67.0 Å². The van der Waals surface area contributed by atoms with E-state index in [0.29, 0.717) is 36.3 Å². The van der Waals surface area contributed by atoms with Crippen molar-refractivity contribution in [3.05, 3.63) is 88.7 Å². The number of carbonyl (C=O) groups is 1. The van der Waals surface area contributed by atoms with E-state index in [2.05, 4.69) is 34.6 Å². The molecule has 0 bridgehead atoms. The molecule has 198 valence electrons. The molecule has 3 aromatic rings. The number of benzene rings is 2. The smallest absolute Gasteiger partial charge is 0.329 e. The number of nitrogens with zero attached hydrogens (tertiary/aromatic N) is 1. The predicted octanol–water partition coefficient (Wildman–Crippen LogP) is 7.39. The highest BCUT2D eigenvalue weighted by molar-refractivity contribution is 6.30. The minimum atomic E-state index is -0.984. The van der Waals surface area contributed by atoms with Crippen molar-refractivity contribution in [2.75, 3.05) is 11.9 Å². The molecular formula is C32H35ClN2O3. The van der Waals surface area contributed by atoms with Gasteiger partial charge in [-0.2, -0.15) is 0 Å². The van der Waals surface area contributed by atoms with E-state index in [-0.39, 0.29) is 5.41 Å². The Morgan fingerprint density at radius 3 is 2.66 bits per heavy atom. The number of pyridine rings is 1. The third-order valence-electron chi connectivity index (χ3n) is 9.20. The Morgan fingerprint density at radius 2 is 1.89 bits per heavy atom. The zero-order valence-corrected chi connectivity index (χ0v) is 22.4. The summed E-state index contributed by atoms with van der Waals surface area (Å²) in [5, 5.41) is 14.3. The molecule has 3 aliphatic carbocycles. The van der Waals surface area contributed by atoms with Crippen molar-refractivity contribution < 1.29 is 14.6 Å². The van der Waals surface area contributed by atoms with Gasteiger partial charge < -0.3 is 15.2 Å². The predicted molar refractivity (Wildman–Crippen MR) is 150 cm³/mol. The topological polar surface area (TPSA) is 71.5 Å². The van der Waals surface area contributed by atoms with Crippen molar-refractivity contribution in [2.24, 2.45) is 5.92 Å². The molecule has 0 saturated heterocycles. The molecule has 6 heteroatoms. The molecule has 3 aliphatic rings. The first-order chi connectivity index (χ1) is 18.5. The summed E-state index contributed by atoms with van der Waals surface area (Å²) < 4.78 is 6.25. The number of aliphatic carboxylic acids is 1. The number of hydrogen-bond acceptors (Lipinski definition) is 4. The zero-order chi connectivity index (χ0) is 26.2. The molecule has 38 heavy (non-hydrogen) atoms. The molecule has 6 rings (SSSR count). The summed E-state index contributed by atoms with van der Waals surface area (Å²) in [6, 6.07) is 18.2. The van der Waals surface area contributed by atoms with Crippen LogP contribution in [0.5, 0.6) is 5.75 Å². The second-order valence-corrected chi connectivity index (χ2v) is 11.9. The average molecular weight is 531 g/mol. The zero-order valence-electron chi connectivity index (χ0n) is 21.7. The average Bonchev–Trinajstić information content (AvgIpc) is 3.73. The van der Waals surface area contributed by atoms with Crippen LogP contribution in [0, 0.1) is 5.92 Å². The fourth-order valence-electron chi connectivity index (χ4n) is 7.02. The Balaban J connectivity index is 1.16. The van der Waals surface area contributed by atoms with Gasteiger partial charge in [0.25, 0.3) is 0 Å². The molecule has 5 nitrogen and oxygen atoms in total. The Labute approximate surface area is 229 Å². The number of aromatic nitrogens is 1. The van der Waals surface area contributed by atoms with Crippen LogP contribution in [0.3, 0.4) is 0 Å². The van der Waals surface area contributed by atoms with Crippen molar-refractivity contribution >= 4 is 23.3 Å². The number of anilines is 1. The third-order valence-corrected chi connectivity index (χ3v) is 9.43. The summed E-state index contributed by atoms with van der Waals surface area (Å²) >= 11 is 6.19. The van der Waals surface area contributed by atoms with Crippen molar-refractivity contribution in [3.63, 3.8) is 0 Å². The van der Waals surface area contributed by atoms with Gasteiger partial charge in [-0.1, -0.05) is 41.9 Å². The molecule has 1 heterocycles. The Morgan fingerprint density at radius 1 is 1.08 bits per heavy atom. The van der Waals surface area contributed by atoms with Crippen LogP contribution in [-0.2, 0) is 16.6 Å².